The molecule has 1 aromatic heterocycles. The second-order valence-corrected chi connectivity index (χ2v) is 8.47. The molecule has 0 fully saturated rings. The van der Waals surface area contributed by atoms with E-state index in [1.807, 2.05) is 13.0 Å². The van der Waals surface area contributed by atoms with Crippen LogP contribution in [0.15, 0.2) is 74.3 Å². The fourth-order valence-corrected chi connectivity index (χ4v) is 4.49. The van der Waals surface area contributed by atoms with E-state index < -0.39 is 10.0 Å². The molecule has 0 aliphatic heterocycles. The summed E-state index contributed by atoms with van der Waals surface area (Å²) in [6.07, 6.45) is 2.08. The normalized spacial score (nSPS) is 12.3. The van der Waals surface area contributed by atoms with E-state index in [0.29, 0.717) is 23.2 Å². The number of fused-ring (bicyclic) bond motifs is 1. The molecule has 3 aromatic rings. The Balaban J connectivity index is 2.31. The summed E-state index contributed by atoms with van der Waals surface area (Å²) in [5.41, 5.74) is 12.5. The first kappa shape index (κ1) is 19.1. The monoisotopic (exact) mass is 447 g/mol. The molecule has 0 bridgehead atoms. The number of guanidine groups is 1. The van der Waals surface area contributed by atoms with E-state index in [9.17, 15) is 8.42 Å². The molecule has 0 unspecified atom stereocenters. The maximum Gasteiger partial charge on any atom is 0.268 e. The third-order valence-electron chi connectivity index (χ3n) is 3.96. The Hall–Kier alpha value is -2.65. The van der Waals surface area contributed by atoms with Crippen LogP contribution in [0.5, 0.6) is 0 Å². The Morgan fingerprint density at radius 2 is 1.81 bits per heavy atom. The van der Waals surface area contributed by atoms with Gasteiger partial charge in [-0.25, -0.2) is 12.4 Å². The van der Waals surface area contributed by atoms with Crippen LogP contribution in [0, 0.1) is 0 Å². The highest BCUT2D eigenvalue weighted by atomic mass is 79.9. The maximum atomic E-state index is 13.2. The molecule has 3 rings (SSSR count). The molecule has 2 aromatic carbocycles. The zero-order valence-corrected chi connectivity index (χ0v) is 16.9. The largest absolute Gasteiger partial charge is 0.369 e. The van der Waals surface area contributed by atoms with E-state index >= 15 is 0 Å². The van der Waals surface area contributed by atoms with Crippen molar-refractivity contribution < 1.29 is 8.42 Å². The smallest absolute Gasteiger partial charge is 0.268 e. The summed E-state index contributed by atoms with van der Waals surface area (Å²) in [4.78, 5) is 0.204. The average Bonchev–Trinajstić information content (AvgIpc) is 3.02. The predicted molar refractivity (Wildman–Crippen MR) is 111 cm³/mol. The van der Waals surface area contributed by atoms with E-state index in [-0.39, 0.29) is 10.9 Å². The zero-order chi connectivity index (χ0) is 19.6. The molecule has 0 radical (unpaired) electrons. The average molecular weight is 448 g/mol. The minimum Gasteiger partial charge on any atom is -0.369 e. The second-order valence-electron chi connectivity index (χ2n) is 5.74. The van der Waals surface area contributed by atoms with E-state index in [4.69, 9.17) is 11.5 Å². The summed E-state index contributed by atoms with van der Waals surface area (Å²) in [6.45, 7) is 1.90. The SMILES string of the molecule is CC/C(=N/N=C(N)N)c1cn(S(=O)(=O)c2ccccc2)c2ccc(Br)cc12. The number of nitrogens with two attached hydrogens (primary N) is 2. The molecule has 7 nitrogen and oxygen atoms in total. The van der Waals surface area contributed by atoms with Gasteiger partial charge in [0.15, 0.2) is 0 Å². The van der Waals surface area contributed by atoms with E-state index in [2.05, 4.69) is 26.1 Å². The van der Waals surface area contributed by atoms with Crippen LogP contribution >= 0.6 is 15.9 Å². The van der Waals surface area contributed by atoms with Crippen LogP contribution in [-0.2, 0) is 10.0 Å². The highest BCUT2D eigenvalue weighted by molar-refractivity contribution is 9.10. The molecule has 0 saturated carbocycles. The Morgan fingerprint density at radius 3 is 2.44 bits per heavy atom. The Bertz CT molecular complexity index is 1150. The first-order valence-electron chi connectivity index (χ1n) is 8.11. The topological polar surface area (TPSA) is 116 Å². The van der Waals surface area contributed by atoms with Gasteiger partial charge in [-0.1, -0.05) is 41.1 Å². The molecular weight excluding hydrogens is 430 g/mol. The lowest BCUT2D eigenvalue weighted by Gasteiger charge is -2.07. The van der Waals surface area contributed by atoms with Gasteiger partial charge in [-0.05, 0) is 36.8 Å². The van der Waals surface area contributed by atoms with Crippen LogP contribution in [0.4, 0.5) is 0 Å². The predicted octanol–water partition coefficient (Wildman–Crippen LogP) is 3.03. The van der Waals surface area contributed by atoms with Crippen molar-refractivity contribution in [3.8, 4) is 0 Å². The van der Waals surface area contributed by atoms with Gasteiger partial charge in [0.05, 0.1) is 16.1 Å². The van der Waals surface area contributed by atoms with Crippen molar-refractivity contribution in [2.24, 2.45) is 21.7 Å². The summed E-state index contributed by atoms with van der Waals surface area (Å²) >= 11 is 3.44. The molecule has 0 spiro atoms. The van der Waals surface area contributed by atoms with Crippen LogP contribution in [-0.4, -0.2) is 24.1 Å². The van der Waals surface area contributed by atoms with Crippen molar-refractivity contribution in [3.05, 3.63) is 64.8 Å². The lowest BCUT2D eigenvalue weighted by Crippen LogP contribution is -2.22. The van der Waals surface area contributed by atoms with E-state index in [1.54, 1.807) is 48.7 Å². The van der Waals surface area contributed by atoms with Crippen molar-refractivity contribution in [2.45, 2.75) is 18.2 Å². The fraction of sp³-hybridized carbons (Fsp3) is 0.111. The second kappa shape index (κ2) is 7.53. The lowest BCUT2D eigenvalue weighted by molar-refractivity contribution is 0.589. The molecule has 27 heavy (non-hydrogen) atoms. The highest BCUT2D eigenvalue weighted by Gasteiger charge is 2.22. The zero-order valence-electron chi connectivity index (χ0n) is 14.5. The fourth-order valence-electron chi connectivity index (χ4n) is 2.74. The number of nitrogens with zero attached hydrogens (tertiary/aromatic N) is 3. The minimum absolute atomic E-state index is 0.164. The summed E-state index contributed by atoms with van der Waals surface area (Å²) in [6, 6.07) is 13.7. The van der Waals surface area contributed by atoms with Crippen LogP contribution < -0.4 is 11.5 Å². The van der Waals surface area contributed by atoms with Crippen LogP contribution in [0.1, 0.15) is 18.9 Å². The van der Waals surface area contributed by atoms with Gasteiger partial charge >= 0.3 is 0 Å². The molecule has 9 heteroatoms. The Kier molecular flexibility index (Phi) is 5.33. The number of hydrogen-bond donors (Lipinski definition) is 2. The summed E-state index contributed by atoms with van der Waals surface area (Å²) in [5, 5.41) is 8.54. The van der Waals surface area contributed by atoms with Crippen LogP contribution in [0.3, 0.4) is 0 Å². The van der Waals surface area contributed by atoms with Gasteiger partial charge in [0, 0.05) is 21.6 Å². The summed E-state index contributed by atoms with van der Waals surface area (Å²) in [7, 11) is -3.77. The first-order valence-corrected chi connectivity index (χ1v) is 10.3. The molecule has 1 heterocycles. The number of aromatic nitrogens is 1. The minimum atomic E-state index is -3.77. The Morgan fingerprint density at radius 1 is 1.11 bits per heavy atom. The number of rotatable bonds is 5. The molecular formula is C18H18BrN5O2S. The van der Waals surface area contributed by atoms with Gasteiger partial charge in [-0.2, -0.15) is 5.10 Å². The summed E-state index contributed by atoms with van der Waals surface area (Å²) < 4.78 is 28.4. The van der Waals surface area contributed by atoms with Gasteiger partial charge in [0.2, 0.25) is 5.96 Å². The van der Waals surface area contributed by atoms with Crippen LogP contribution in [0.2, 0.25) is 0 Å². The van der Waals surface area contributed by atoms with Gasteiger partial charge in [0.25, 0.3) is 10.0 Å². The molecule has 0 saturated heterocycles. The molecule has 0 aliphatic carbocycles. The molecule has 0 amide bonds. The standard InChI is InChI=1S/C18H18BrN5O2S/c1-2-16(22-23-18(20)21)15-11-24(17-9-8-12(19)10-14(15)17)27(25,26)13-6-4-3-5-7-13/h3-11H,2H2,1H3,(H4,20,21,23)/b22-16-. The van der Waals surface area contributed by atoms with Gasteiger partial charge in [-0.3, -0.25) is 0 Å². The quantitative estimate of drug-likeness (QED) is 0.355. The van der Waals surface area contributed by atoms with Crippen molar-refractivity contribution >= 4 is 48.5 Å². The Labute approximate surface area is 165 Å². The maximum absolute atomic E-state index is 13.2. The number of hydrogen-bond acceptors (Lipinski definition) is 4. The molecule has 140 valence electrons. The van der Waals surface area contributed by atoms with Gasteiger partial charge < -0.3 is 11.5 Å². The third kappa shape index (κ3) is 3.74. The number of halogens is 1. The van der Waals surface area contributed by atoms with Crippen molar-refractivity contribution in [1.82, 2.24) is 3.97 Å². The van der Waals surface area contributed by atoms with Gasteiger partial charge in [0.1, 0.15) is 0 Å². The van der Waals surface area contributed by atoms with E-state index in [0.717, 1.165) is 9.86 Å². The highest BCUT2D eigenvalue weighted by Crippen LogP contribution is 2.29. The van der Waals surface area contributed by atoms with Crippen LogP contribution in [0.25, 0.3) is 10.9 Å². The molecule has 0 aliphatic rings. The van der Waals surface area contributed by atoms with Crippen molar-refractivity contribution in [1.29, 1.82) is 0 Å². The molecule has 0 atom stereocenters. The lowest BCUT2D eigenvalue weighted by atomic mass is 10.1. The van der Waals surface area contributed by atoms with E-state index in [1.165, 1.54) is 3.97 Å². The van der Waals surface area contributed by atoms with Crippen molar-refractivity contribution in [2.75, 3.05) is 0 Å². The first-order chi connectivity index (χ1) is 12.8. The summed E-state index contributed by atoms with van der Waals surface area (Å²) in [5.74, 6) is -0.164. The van der Waals surface area contributed by atoms with Gasteiger partial charge in [-0.15, -0.1) is 5.10 Å². The number of benzene rings is 2. The van der Waals surface area contributed by atoms with Crippen molar-refractivity contribution in [3.63, 3.8) is 0 Å². The molecule has 4 N–H and O–H groups in total. The third-order valence-corrected chi connectivity index (χ3v) is 6.15.